The Kier molecular flexibility index (Phi) is 2.59. The quantitative estimate of drug-likeness (QED) is 0.557. The molecule has 2 rings (SSSR count). The fourth-order valence-corrected chi connectivity index (χ4v) is 2.65. The van der Waals surface area contributed by atoms with Crippen LogP contribution in [0.3, 0.4) is 0 Å². The van der Waals surface area contributed by atoms with Crippen LogP contribution in [-0.2, 0) is 9.53 Å². The van der Waals surface area contributed by atoms with Crippen LogP contribution >= 0.6 is 0 Å². The molecule has 2 fully saturated rings. The maximum atomic E-state index is 11.8. The molecule has 2 aliphatic rings. The lowest BCUT2D eigenvalue weighted by atomic mass is 9.78. The number of rotatable bonds is 2. The van der Waals surface area contributed by atoms with Crippen molar-refractivity contribution in [2.75, 3.05) is 6.61 Å². The second-order valence-corrected chi connectivity index (χ2v) is 5.06. The SMILES string of the molecule is CC(C)=CC[C@@]12C[C@@H](COC1=O)C[C@@H]2O. The smallest absolute Gasteiger partial charge is 0.315 e. The normalized spacial score (nSPS) is 38.7. The maximum absolute atomic E-state index is 11.8. The van der Waals surface area contributed by atoms with Gasteiger partial charge in [-0.1, -0.05) is 11.6 Å². The molecule has 0 radical (unpaired) electrons. The minimum atomic E-state index is -0.639. The molecule has 1 aliphatic carbocycles. The lowest BCUT2D eigenvalue weighted by molar-refractivity contribution is -0.165. The third kappa shape index (κ3) is 1.69. The van der Waals surface area contributed by atoms with Gasteiger partial charge in [-0.05, 0) is 39.0 Å². The molecule has 15 heavy (non-hydrogen) atoms. The third-order valence-corrected chi connectivity index (χ3v) is 3.58. The van der Waals surface area contributed by atoms with E-state index in [9.17, 15) is 9.90 Å². The summed E-state index contributed by atoms with van der Waals surface area (Å²) in [4.78, 5) is 11.8. The summed E-state index contributed by atoms with van der Waals surface area (Å²) in [6, 6.07) is 0. The average molecular weight is 210 g/mol. The van der Waals surface area contributed by atoms with Gasteiger partial charge in [0.15, 0.2) is 0 Å². The van der Waals surface area contributed by atoms with Crippen LogP contribution in [0.25, 0.3) is 0 Å². The Morgan fingerprint density at radius 3 is 3.07 bits per heavy atom. The van der Waals surface area contributed by atoms with E-state index >= 15 is 0 Å². The lowest BCUT2D eigenvalue weighted by Crippen LogP contribution is -2.41. The molecule has 0 aromatic heterocycles. The van der Waals surface area contributed by atoms with E-state index in [1.165, 1.54) is 5.57 Å². The molecule has 1 saturated carbocycles. The van der Waals surface area contributed by atoms with Gasteiger partial charge in [0.05, 0.1) is 18.1 Å². The minimum Gasteiger partial charge on any atom is -0.465 e. The first-order valence-electron chi connectivity index (χ1n) is 5.53. The van der Waals surface area contributed by atoms with E-state index in [1.807, 2.05) is 19.9 Å². The molecular weight excluding hydrogens is 192 g/mol. The summed E-state index contributed by atoms with van der Waals surface area (Å²) < 4.78 is 5.14. The summed E-state index contributed by atoms with van der Waals surface area (Å²) >= 11 is 0. The highest BCUT2D eigenvalue weighted by molar-refractivity contribution is 5.79. The summed E-state index contributed by atoms with van der Waals surface area (Å²) in [6.07, 6.45) is 3.62. The number of ether oxygens (including phenoxy) is 1. The van der Waals surface area contributed by atoms with E-state index in [-0.39, 0.29) is 5.97 Å². The minimum absolute atomic E-state index is 0.207. The zero-order chi connectivity index (χ0) is 11.1. The molecule has 0 aromatic rings. The number of carbonyl (C=O) groups is 1. The fraction of sp³-hybridized carbons (Fsp3) is 0.750. The van der Waals surface area contributed by atoms with Crippen molar-refractivity contribution in [1.82, 2.24) is 0 Å². The van der Waals surface area contributed by atoms with Crippen molar-refractivity contribution in [3.63, 3.8) is 0 Å². The molecule has 1 saturated heterocycles. The average Bonchev–Trinajstić information content (AvgIpc) is 2.44. The van der Waals surface area contributed by atoms with Gasteiger partial charge >= 0.3 is 5.97 Å². The van der Waals surface area contributed by atoms with Gasteiger partial charge in [-0.3, -0.25) is 4.79 Å². The Morgan fingerprint density at radius 1 is 1.67 bits per heavy atom. The second kappa shape index (κ2) is 3.63. The highest BCUT2D eigenvalue weighted by Gasteiger charge is 2.55. The van der Waals surface area contributed by atoms with E-state index in [4.69, 9.17) is 4.74 Å². The predicted molar refractivity (Wildman–Crippen MR) is 56.2 cm³/mol. The van der Waals surface area contributed by atoms with Crippen LogP contribution in [0.4, 0.5) is 0 Å². The van der Waals surface area contributed by atoms with Gasteiger partial charge in [-0.25, -0.2) is 0 Å². The maximum Gasteiger partial charge on any atom is 0.315 e. The number of cyclic esters (lactones) is 1. The summed E-state index contributed by atoms with van der Waals surface area (Å²) in [6.45, 7) is 4.50. The lowest BCUT2D eigenvalue weighted by Gasteiger charge is -2.32. The van der Waals surface area contributed by atoms with E-state index in [0.29, 0.717) is 25.4 Å². The van der Waals surface area contributed by atoms with Crippen molar-refractivity contribution in [3.8, 4) is 0 Å². The highest BCUT2D eigenvalue weighted by atomic mass is 16.5. The van der Waals surface area contributed by atoms with Gasteiger partial charge in [0, 0.05) is 0 Å². The number of aliphatic hydroxyl groups is 1. The first kappa shape index (κ1) is 10.7. The van der Waals surface area contributed by atoms with Crippen molar-refractivity contribution in [1.29, 1.82) is 0 Å². The number of aliphatic hydroxyl groups excluding tert-OH is 1. The highest BCUT2D eigenvalue weighted by Crippen LogP contribution is 2.49. The summed E-state index contributed by atoms with van der Waals surface area (Å²) in [5, 5.41) is 10.0. The molecular formula is C12H18O3. The molecule has 2 bridgehead atoms. The van der Waals surface area contributed by atoms with Crippen LogP contribution in [0.15, 0.2) is 11.6 Å². The molecule has 0 spiro atoms. The Labute approximate surface area is 90.1 Å². The molecule has 1 N–H and O–H groups in total. The Bertz CT molecular complexity index is 304. The van der Waals surface area contributed by atoms with Crippen LogP contribution in [0.5, 0.6) is 0 Å². The predicted octanol–water partition coefficient (Wildman–Crippen LogP) is 1.66. The number of carbonyl (C=O) groups excluding carboxylic acids is 1. The second-order valence-electron chi connectivity index (χ2n) is 5.06. The van der Waals surface area contributed by atoms with Crippen molar-refractivity contribution >= 4 is 5.97 Å². The largest absolute Gasteiger partial charge is 0.465 e. The van der Waals surface area contributed by atoms with Crippen LogP contribution < -0.4 is 0 Å². The van der Waals surface area contributed by atoms with Gasteiger partial charge in [0.2, 0.25) is 0 Å². The zero-order valence-corrected chi connectivity index (χ0v) is 9.32. The third-order valence-electron chi connectivity index (χ3n) is 3.58. The molecule has 84 valence electrons. The summed E-state index contributed by atoms with van der Waals surface area (Å²) in [7, 11) is 0. The fourth-order valence-electron chi connectivity index (χ4n) is 2.65. The van der Waals surface area contributed by atoms with Crippen LogP contribution in [0.1, 0.15) is 33.1 Å². The summed E-state index contributed by atoms with van der Waals surface area (Å²) in [5.74, 6) is 0.157. The van der Waals surface area contributed by atoms with Gasteiger partial charge < -0.3 is 9.84 Å². The number of fused-ring (bicyclic) bond motifs is 2. The molecule has 1 heterocycles. The summed E-state index contributed by atoms with van der Waals surface area (Å²) in [5.41, 5.74) is 0.540. The number of hydrogen-bond acceptors (Lipinski definition) is 3. The Balaban J connectivity index is 2.22. The number of hydrogen-bond donors (Lipinski definition) is 1. The molecule has 1 aliphatic heterocycles. The zero-order valence-electron chi connectivity index (χ0n) is 9.32. The molecule has 3 atom stereocenters. The Morgan fingerprint density at radius 2 is 2.40 bits per heavy atom. The van der Waals surface area contributed by atoms with Crippen LogP contribution in [0.2, 0.25) is 0 Å². The van der Waals surface area contributed by atoms with Crippen molar-refractivity contribution < 1.29 is 14.6 Å². The van der Waals surface area contributed by atoms with E-state index in [2.05, 4.69) is 0 Å². The molecule has 3 nitrogen and oxygen atoms in total. The Hall–Kier alpha value is -0.830. The number of allylic oxidation sites excluding steroid dienone is 2. The van der Waals surface area contributed by atoms with Gasteiger partial charge in [-0.15, -0.1) is 0 Å². The monoisotopic (exact) mass is 210 g/mol. The first-order chi connectivity index (χ1) is 7.04. The van der Waals surface area contributed by atoms with Gasteiger partial charge in [0.1, 0.15) is 0 Å². The van der Waals surface area contributed by atoms with Crippen LogP contribution in [0, 0.1) is 11.3 Å². The van der Waals surface area contributed by atoms with Crippen molar-refractivity contribution in [2.45, 2.75) is 39.2 Å². The first-order valence-corrected chi connectivity index (χ1v) is 5.53. The van der Waals surface area contributed by atoms with Gasteiger partial charge in [-0.2, -0.15) is 0 Å². The number of esters is 1. The van der Waals surface area contributed by atoms with Gasteiger partial charge in [0.25, 0.3) is 0 Å². The molecule has 0 amide bonds. The van der Waals surface area contributed by atoms with E-state index in [1.54, 1.807) is 0 Å². The molecule has 0 aromatic carbocycles. The van der Waals surface area contributed by atoms with E-state index < -0.39 is 11.5 Å². The van der Waals surface area contributed by atoms with E-state index in [0.717, 1.165) is 6.42 Å². The van der Waals surface area contributed by atoms with Crippen LogP contribution in [-0.4, -0.2) is 23.8 Å². The van der Waals surface area contributed by atoms with Crippen molar-refractivity contribution in [3.05, 3.63) is 11.6 Å². The van der Waals surface area contributed by atoms with Crippen molar-refractivity contribution in [2.24, 2.45) is 11.3 Å². The molecule has 0 unspecified atom stereocenters. The standard InChI is InChI=1S/C12H18O3/c1-8(2)3-4-12-6-9(5-10(12)13)7-15-11(12)14/h3,9-10,13H,4-7H2,1-2H3/t9-,10-,12-/m0/s1. The topological polar surface area (TPSA) is 46.5 Å². The molecule has 3 heteroatoms.